The first-order chi connectivity index (χ1) is 16.6. The maximum absolute atomic E-state index is 14.4. The molecule has 0 aliphatic heterocycles. The molecule has 180 valence electrons. The first-order valence-electron chi connectivity index (χ1n) is 10.5. The number of amides is 2. The molecule has 0 atom stereocenters. The van der Waals surface area contributed by atoms with Crippen molar-refractivity contribution in [2.45, 2.75) is 26.5 Å². The van der Waals surface area contributed by atoms with Crippen LogP contribution in [0, 0.1) is 5.82 Å². The van der Waals surface area contributed by atoms with Gasteiger partial charge in [-0.1, -0.05) is 17.4 Å². The Morgan fingerprint density at radius 2 is 1.83 bits per heavy atom. The zero-order chi connectivity index (χ0) is 25.2. The number of hydrogen-bond donors (Lipinski definition) is 3. The van der Waals surface area contributed by atoms with Gasteiger partial charge in [0.05, 0.1) is 5.69 Å². The Kier molecular flexibility index (Phi) is 6.63. The van der Waals surface area contributed by atoms with Crippen LogP contribution in [-0.4, -0.2) is 27.5 Å². The third-order valence-corrected chi connectivity index (χ3v) is 5.28. The smallest absolute Gasteiger partial charge is 0.255 e. The third-order valence-electron chi connectivity index (χ3n) is 4.40. The molecule has 35 heavy (non-hydrogen) atoms. The van der Waals surface area contributed by atoms with Gasteiger partial charge in [-0.05, 0) is 50.2 Å². The molecule has 4 N–H and O–H groups in total. The Labute approximate surface area is 204 Å². The second-order valence-electron chi connectivity index (χ2n) is 8.11. The summed E-state index contributed by atoms with van der Waals surface area (Å²) in [5, 5.41) is 5.58. The molecule has 4 aromatic rings. The van der Waals surface area contributed by atoms with Crippen molar-refractivity contribution in [2.24, 2.45) is 5.73 Å². The van der Waals surface area contributed by atoms with Gasteiger partial charge in [0.15, 0.2) is 10.9 Å². The van der Waals surface area contributed by atoms with Crippen molar-refractivity contribution in [1.29, 1.82) is 0 Å². The van der Waals surface area contributed by atoms with E-state index in [2.05, 4.69) is 20.6 Å². The predicted octanol–water partition coefficient (Wildman–Crippen LogP) is 4.91. The Balaban J connectivity index is 1.50. The topological polar surface area (TPSA) is 128 Å². The molecule has 4 rings (SSSR count). The fraction of sp³-hybridized carbons (Fsp3) is 0.167. The molecular weight excluding hydrogens is 473 g/mol. The lowest BCUT2D eigenvalue weighted by atomic mass is 10.2. The Morgan fingerprint density at radius 1 is 1.03 bits per heavy atom. The molecular formula is C24H22FN5O4S. The van der Waals surface area contributed by atoms with Crippen LogP contribution >= 0.6 is 11.3 Å². The molecule has 0 saturated carbocycles. The van der Waals surface area contributed by atoms with Crippen LogP contribution in [0.5, 0.6) is 17.4 Å². The molecule has 0 fully saturated rings. The van der Waals surface area contributed by atoms with Crippen LogP contribution in [0.1, 0.15) is 31.1 Å². The first-order valence-corrected chi connectivity index (χ1v) is 11.3. The molecule has 0 unspecified atom stereocenters. The van der Waals surface area contributed by atoms with E-state index in [1.807, 2.05) is 0 Å². The van der Waals surface area contributed by atoms with Crippen molar-refractivity contribution in [1.82, 2.24) is 9.97 Å². The van der Waals surface area contributed by atoms with Crippen LogP contribution in [0.2, 0.25) is 0 Å². The number of aromatic nitrogens is 2. The average molecular weight is 496 g/mol. The number of fused-ring (bicyclic) bond motifs is 1. The number of carbonyl (C=O) groups is 2. The van der Waals surface area contributed by atoms with Gasteiger partial charge in [0.2, 0.25) is 11.8 Å². The lowest BCUT2D eigenvalue weighted by molar-refractivity contribution is -0.114. The van der Waals surface area contributed by atoms with Gasteiger partial charge in [-0.25, -0.2) is 14.4 Å². The van der Waals surface area contributed by atoms with Crippen LogP contribution in [-0.2, 0) is 4.79 Å². The van der Waals surface area contributed by atoms with Gasteiger partial charge in [0.25, 0.3) is 5.91 Å². The van der Waals surface area contributed by atoms with E-state index >= 15 is 0 Å². The molecule has 11 heteroatoms. The fourth-order valence-electron chi connectivity index (χ4n) is 3.04. The number of thiazole rings is 1. The van der Waals surface area contributed by atoms with Crippen LogP contribution in [0.25, 0.3) is 10.3 Å². The Hall–Kier alpha value is -4.09. The van der Waals surface area contributed by atoms with Gasteiger partial charge in [-0.3, -0.25) is 15.3 Å². The lowest BCUT2D eigenvalue weighted by Crippen LogP contribution is -2.38. The fourth-order valence-corrected chi connectivity index (χ4v) is 3.92. The highest BCUT2D eigenvalue weighted by molar-refractivity contribution is 7.21. The van der Waals surface area contributed by atoms with E-state index in [0.29, 0.717) is 21.2 Å². The summed E-state index contributed by atoms with van der Waals surface area (Å²) in [6.45, 7) is 4.76. The number of nitrogens with one attached hydrogen (secondary N) is 2. The summed E-state index contributed by atoms with van der Waals surface area (Å²) in [6, 6.07) is 13.7. The number of pyridine rings is 1. The standard InChI is InChI=1S/C24H22FN5O4S/c1-13(31)27-23-29-18-9-10-20(30-22(18)35-23)33-15-7-8-17(25)19(12-15)28-21(32)14-5-4-6-16(11-14)34-24(2,3)26/h4-12H,26H2,1-3H3,(H,28,32)(H,27,29,31). The van der Waals surface area contributed by atoms with Crippen molar-refractivity contribution in [2.75, 3.05) is 10.6 Å². The van der Waals surface area contributed by atoms with E-state index in [0.717, 1.165) is 0 Å². The summed E-state index contributed by atoms with van der Waals surface area (Å²) in [5.74, 6) is -0.475. The maximum Gasteiger partial charge on any atom is 0.255 e. The summed E-state index contributed by atoms with van der Waals surface area (Å²) in [4.78, 5) is 33.2. The molecule has 0 aliphatic carbocycles. The number of halogens is 1. The average Bonchev–Trinajstić information content (AvgIpc) is 3.15. The second-order valence-corrected chi connectivity index (χ2v) is 9.08. The molecule has 2 amide bonds. The van der Waals surface area contributed by atoms with E-state index in [9.17, 15) is 14.0 Å². The first kappa shape index (κ1) is 24.0. The van der Waals surface area contributed by atoms with Crippen molar-refractivity contribution in [3.63, 3.8) is 0 Å². The molecule has 0 spiro atoms. The summed E-state index contributed by atoms with van der Waals surface area (Å²) >= 11 is 1.20. The normalized spacial score (nSPS) is 11.2. The number of benzene rings is 2. The number of rotatable bonds is 7. The minimum atomic E-state index is -0.922. The lowest BCUT2D eigenvalue weighted by Gasteiger charge is -2.21. The van der Waals surface area contributed by atoms with Crippen molar-refractivity contribution in [3.05, 3.63) is 66.0 Å². The minimum absolute atomic E-state index is 0.0650. The monoisotopic (exact) mass is 495 g/mol. The Morgan fingerprint density at radius 3 is 2.57 bits per heavy atom. The SMILES string of the molecule is CC(=O)Nc1nc2ccc(Oc3ccc(F)c(NC(=O)c4cccc(OC(C)(C)N)c4)c3)nc2s1. The van der Waals surface area contributed by atoms with Gasteiger partial charge >= 0.3 is 0 Å². The molecule has 2 aromatic carbocycles. The summed E-state index contributed by atoms with van der Waals surface area (Å²) in [6.07, 6.45) is 0. The molecule has 2 heterocycles. The third kappa shape index (κ3) is 6.28. The number of hydrogen-bond acceptors (Lipinski definition) is 8. The van der Waals surface area contributed by atoms with Gasteiger partial charge in [-0.15, -0.1) is 0 Å². The van der Waals surface area contributed by atoms with E-state index in [1.54, 1.807) is 44.2 Å². The van der Waals surface area contributed by atoms with E-state index < -0.39 is 17.4 Å². The van der Waals surface area contributed by atoms with Gasteiger partial charge in [0.1, 0.15) is 27.7 Å². The minimum Gasteiger partial charge on any atom is -0.474 e. The Bertz CT molecular complexity index is 1420. The molecule has 0 aliphatic rings. The second kappa shape index (κ2) is 9.65. The van der Waals surface area contributed by atoms with E-state index in [1.165, 1.54) is 42.5 Å². The molecule has 9 nitrogen and oxygen atoms in total. The van der Waals surface area contributed by atoms with Gasteiger partial charge in [0, 0.05) is 24.6 Å². The molecule has 2 aromatic heterocycles. The largest absolute Gasteiger partial charge is 0.474 e. The van der Waals surface area contributed by atoms with E-state index in [4.69, 9.17) is 15.2 Å². The summed E-state index contributed by atoms with van der Waals surface area (Å²) in [7, 11) is 0. The van der Waals surface area contributed by atoms with Gasteiger partial charge in [-0.2, -0.15) is 0 Å². The highest BCUT2D eigenvalue weighted by Gasteiger charge is 2.16. The van der Waals surface area contributed by atoms with Crippen LogP contribution in [0.4, 0.5) is 15.2 Å². The number of anilines is 2. The molecule has 0 saturated heterocycles. The maximum atomic E-state index is 14.4. The van der Waals surface area contributed by atoms with E-state index in [-0.39, 0.29) is 28.8 Å². The quantitative estimate of drug-likeness (QED) is 0.311. The summed E-state index contributed by atoms with van der Waals surface area (Å²) < 4.78 is 25.8. The number of nitrogens with two attached hydrogens (primary N) is 1. The highest BCUT2D eigenvalue weighted by Crippen LogP contribution is 2.30. The number of carbonyl (C=O) groups excluding carboxylic acids is 2. The van der Waals surface area contributed by atoms with Crippen molar-refractivity contribution >= 4 is 44.3 Å². The summed E-state index contributed by atoms with van der Waals surface area (Å²) in [5.41, 5.74) is 5.74. The highest BCUT2D eigenvalue weighted by atomic mass is 32.1. The van der Waals surface area contributed by atoms with Gasteiger partial charge < -0.3 is 20.1 Å². The van der Waals surface area contributed by atoms with Crippen LogP contribution < -0.4 is 25.8 Å². The molecule has 0 radical (unpaired) electrons. The van der Waals surface area contributed by atoms with Crippen LogP contribution in [0.3, 0.4) is 0 Å². The number of nitrogens with zero attached hydrogens (tertiary/aromatic N) is 2. The zero-order valence-corrected chi connectivity index (χ0v) is 19.9. The predicted molar refractivity (Wildman–Crippen MR) is 131 cm³/mol. The van der Waals surface area contributed by atoms with Crippen molar-refractivity contribution in [3.8, 4) is 17.4 Å². The number of ether oxygens (including phenoxy) is 2. The molecule has 0 bridgehead atoms. The van der Waals surface area contributed by atoms with Crippen molar-refractivity contribution < 1.29 is 23.5 Å². The van der Waals surface area contributed by atoms with Crippen LogP contribution in [0.15, 0.2) is 54.6 Å². The zero-order valence-electron chi connectivity index (χ0n) is 19.1.